The molecule has 0 radical (unpaired) electrons. The topological polar surface area (TPSA) is 58.6 Å². The molecule has 0 bridgehead atoms. The van der Waals surface area contributed by atoms with Crippen LogP contribution < -0.4 is 15.0 Å². The fourth-order valence-corrected chi connectivity index (χ4v) is 2.46. The molecule has 1 aliphatic carbocycles. The second kappa shape index (κ2) is 4.77. The van der Waals surface area contributed by atoms with Crippen molar-refractivity contribution in [3.05, 3.63) is 24.0 Å². The number of rotatable bonds is 3. The van der Waals surface area contributed by atoms with E-state index in [2.05, 4.69) is 5.32 Å². The molecular formula is C14H15FN2O3. The number of methoxy groups -OCH3 is 1. The first-order valence-electron chi connectivity index (χ1n) is 6.54. The zero-order chi connectivity index (χ0) is 14.3. The minimum absolute atomic E-state index is 0.0756. The summed E-state index contributed by atoms with van der Waals surface area (Å²) in [5.74, 6) is -0.597. The van der Waals surface area contributed by atoms with Crippen LogP contribution in [0.5, 0.6) is 5.75 Å². The molecule has 20 heavy (non-hydrogen) atoms. The number of hydrogen-bond donors (Lipinski definition) is 1. The number of ether oxygens (including phenoxy) is 1. The van der Waals surface area contributed by atoms with Crippen LogP contribution in [-0.4, -0.2) is 31.5 Å². The summed E-state index contributed by atoms with van der Waals surface area (Å²) in [4.78, 5) is 25.4. The minimum atomic E-state index is -0.549. The molecule has 2 fully saturated rings. The average Bonchev–Trinajstić information content (AvgIpc) is 3.25. The summed E-state index contributed by atoms with van der Waals surface area (Å²) < 4.78 is 18.6. The van der Waals surface area contributed by atoms with Crippen LogP contribution in [0.3, 0.4) is 0 Å². The van der Waals surface area contributed by atoms with Crippen molar-refractivity contribution in [2.45, 2.75) is 18.9 Å². The van der Waals surface area contributed by atoms with E-state index in [4.69, 9.17) is 4.74 Å². The second-order valence-electron chi connectivity index (χ2n) is 5.13. The Labute approximate surface area is 115 Å². The number of hydrogen-bond acceptors (Lipinski definition) is 3. The lowest BCUT2D eigenvalue weighted by Crippen LogP contribution is -2.59. The van der Waals surface area contributed by atoms with Gasteiger partial charge in [-0.05, 0) is 30.9 Å². The number of carbonyl (C=O) groups excluding carboxylic acids is 2. The van der Waals surface area contributed by atoms with Crippen molar-refractivity contribution >= 4 is 17.5 Å². The van der Waals surface area contributed by atoms with Gasteiger partial charge in [0.05, 0.1) is 7.11 Å². The van der Waals surface area contributed by atoms with E-state index in [1.54, 1.807) is 6.07 Å². The van der Waals surface area contributed by atoms with Crippen molar-refractivity contribution in [3.63, 3.8) is 0 Å². The van der Waals surface area contributed by atoms with E-state index >= 15 is 0 Å². The summed E-state index contributed by atoms with van der Waals surface area (Å²) in [6.07, 6.45) is 1.89. The number of piperazine rings is 1. The molecule has 2 aliphatic rings. The van der Waals surface area contributed by atoms with Gasteiger partial charge < -0.3 is 15.0 Å². The molecule has 1 aliphatic heterocycles. The Morgan fingerprint density at radius 1 is 1.35 bits per heavy atom. The maximum absolute atomic E-state index is 13.7. The number of nitrogens with zero attached hydrogens (tertiary/aromatic N) is 1. The van der Waals surface area contributed by atoms with Crippen LogP contribution in [0.15, 0.2) is 18.2 Å². The van der Waals surface area contributed by atoms with E-state index in [-0.39, 0.29) is 30.0 Å². The van der Waals surface area contributed by atoms with Gasteiger partial charge in [-0.25, -0.2) is 4.39 Å². The minimum Gasteiger partial charge on any atom is -0.494 e. The van der Waals surface area contributed by atoms with E-state index < -0.39 is 11.9 Å². The second-order valence-corrected chi connectivity index (χ2v) is 5.13. The molecule has 1 unspecified atom stereocenters. The van der Waals surface area contributed by atoms with Crippen LogP contribution in [0.4, 0.5) is 10.1 Å². The fraction of sp³-hybridized carbons (Fsp3) is 0.429. The highest BCUT2D eigenvalue weighted by Crippen LogP contribution is 2.35. The summed E-state index contributed by atoms with van der Waals surface area (Å²) in [5, 5.41) is 2.72. The van der Waals surface area contributed by atoms with Gasteiger partial charge in [0.2, 0.25) is 11.8 Å². The molecule has 6 heteroatoms. The van der Waals surface area contributed by atoms with Crippen molar-refractivity contribution in [1.29, 1.82) is 0 Å². The van der Waals surface area contributed by atoms with E-state index in [0.717, 1.165) is 12.8 Å². The molecule has 3 rings (SSSR count). The molecule has 1 saturated heterocycles. The molecule has 1 atom stereocenters. The van der Waals surface area contributed by atoms with E-state index in [0.29, 0.717) is 5.69 Å². The van der Waals surface area contributed by atoms with E-state index in [1.807, 2.05) is 0 Å². The zero-order valence-corrected chi connectivity index (χ0v) is 11.1. The largest absolute Gasteiger partial charge is 0.494 e. The first kappa shape index (κ1) is 12.9. The van der Waals surface area contributed by atoms with Crippen LogP contribution >= 0.6 is 0 Å². The maximum Gasteiger partial charge on any atom is 0.250 e. The van der Waals surface area contributed by atoms with Crippen molar-refractivity contribution in [2.24, 2.45) is 5.92 Å². The van der Waals surface area contributed by atoms with Gasteiger partial charge in [-0.1, -0.05) is 0 Å². The number of halogens is 1. The van der Waals surface area contributed by atoms with Gasteiger partial charge in [-0.15, -0.1) is 0 Å². The maximum atomic E-state index is 13.7. The molecule has 2 amide bonds. The first-order valence-corrected chi connectivity index (χ1v) is 6.54. The van der Waals surface area contributed by atoms with Crippen LogP contribution in [0.2, 0.25) is 0 Å². The highest BCUT2D eigenvalue weighted by Gasteiger charge is 2.43. The Balaban J connectivity index is 1.89. The molecule has 5 nitrogen and oxygen atoms in total. The third kappa shape index (κ3) is 2.21. The van der Waals surface area contributed by atoms with E-state index in [9.17, 15) is 14.0 Å². The quantitative estimate of drug-likeness (QED) is 0.900. The molecule has 0 spiro atoms. The van der Waals surface area contributed by atoms with Gasteiger partial charge in [-0.3, -0.25) is 9.59 Å². The zero-order valence-electron chi connectivity index (χ0n) is 11.1. The first-order chi connectivity index (χ1) is 9.60. The Morgan fingerprint density at radius 3 is 2.70 bits per heavy atom. The standard InChI is InChI=1S/C14H15FN2O3/c1-20-11-5-4-9(6-10(11)15)17-7-12(18)16-13(14(17)19)8-2-3-8/h4-6,8,13H,2-3,7H2,1H3,(H,16,18). The Morgan fingerprint density at radius 2 is 2.10 bits per heavy atom. The molecule has 0 aromatic heterocycles. The van der Waals surface area contributed by atoms with Crippen molar-refractivity contribution in [2.75, 3.05) is 18.6 Å². The highest BCUT2D eigenvalue weighted by molar-refractivity contribution is 6.06. The van der Waals surface area contributed by atoms with Crippen molar-refractivity contribution in [1.82, 2.24) is 5.32 Å². The molecule has 1 saturated carbocycles. The van der Waals surface area contributed by atoms with Crippen LogP contribution in [0.1, 0.15) is 12.8 Å². The van der Waals surface area contributed by atoms with Crippen LogP contribution in [0, 0.1) is 11.7 Å². The Hall–Kier alpha value is -2.11. The normalized spacial score (nSPS) is 22.7. The summed E-state index contributed by atoms with van der Waals surface area (Å²) in [6.45, 7) is -0.0756. The lowest BCUT2D eigenvalue weighted by molar-refractivity contribution is -0.131. The molecule has 1 aromatic rings. The van der Waals surface area contributed by atoms with Gasteiger partial charge in [0, 0.05) is 11.8 Å². The fourth-order valence-electron chi connectivity index (χ4n) is 2.46. The Bertz CT molecular complexity index is 572. The predicted octanol–water partition coefficient (Wildman–Crippen LogP) is 1.08. The third-order valence-corrected chi connectivity index (χ3v) is 3.69. The van der Waals surface area contributed by atoms with Crippen molar-refractivity contribution in [3.8, 4) is 5.75 Å². The monoisotopic (exact) mass is 278 g/mol. The summed E-state index contributed by atoms with van der Waals surface area (Å²) in [5.41, 5.74) is 0.383. The average molecular weight is 278 g/mol. The Kier molecular flexibility index (Phi) is 3.08. The smallest absolute Gasteiger partial charge is 0.250 e. The number of nitrogens with one attached hydrogen (secondary N) is 1. The molecular weight excluding hydrogens is 263 g/mol. The van der Waals surface area contributed by atoms with Crippen molar-refractivity contribution < 1.29 is 18.7 Å². The van der Waals surface area contributed by atoms with Gasteiger partial charge >= 0.3 is 0 Å². The van der Waals surface area contributed by atoms with Gasteiger partial charge in [0.15, 0.2) is 11.6 Å². The van der Waals surface area contributed by atoms with Crippen LogP contribution in [-0.2, 0) is 9.59 Å². The van der Waals surface area contributed by atoms with Gasteiger partial charge in [0.25, 0.3) is 0 Å². The molecule has 1 aromatic carbocycles. The molecule has 106 valence electrons. The number of anilines is 1. The van der Waals surface area contributed by atoms with Gasteiger partial charge in [-0.2, -0.15) is 0 Å². The van der Waals surface area contributed by atoms with Gasteiger partial charge in [0.1, 0.15) is 12.6 Å². The van der Waals surface area contributed by atoms with Crippen LogP contribution in [0.25, 0.3) is 0 Å². The molecule has 1 heterocycles. The number of benzene rings is 1. The summed E-state index contributed by atoms with van der Waals surface area (Å²) >= 11 is 0. The number of carbonyl (C=O) groups is 2. The third-order valence-electron chi connectivity index (χ3n) is 3.69. The summed E-state index contributed by atoms with van der Waals surface area (Å²) in [6, 6.07) is 3.79. The lowest BCUT2D eigenvalue weighted by Gasteiger charge is -2.32. The lowest BCUT2D eigenvalue weighted by atomic mass is 10.1. The number of amides is 2. The van der Waals surface area contributed by atoms with E-state index in [1.165, 1.54) is 24.1 Å². The SMILES string of the molecule is COc1ccc(N2CC(=O)NC(C3CC3)C2=O)cc1F. The predicted molar refractivity (Wildman–Crippen MR) is 70.0 cm³/mol. The summed E-state index contributed by atoms with van der Waals surface area (Å²) in [7, 11) is 1.38. The molecule has 1 N–H and O–H groups in total. The highest BCUT2D eigenvalue weighted by atomic mass is 19.1.